The summed E-state index contributed by atoms with van der Waals surface area (Å²) < 4.78 is 11.1. The van der Waals surface area contributed by atoms with Gasteiger partial charge in [-0.2, -0.15) is 0 Å². The van der Waals surface area contributed by atoms with Crippen LogP contribution < -0.4 is 5.32 Å². The standard InChI is InChI=1S/C16H23NO4/c1-12-3-4-13(2)14(9-12)15(19)17-10-16(21-8-6-18)5-7-20-11-16/h3-4,9,18H,5-8,10-11H2,1-2H3,(H,17,19). The second-order valence-electron chi connectivity index (χ2n) is 5.56. The minimum Gasteiger partial charge on any atom is -0.394 e. The molecule has 21 heavy (non-hydrogen) atoms. The Kier molecular flexibility index (Phi) is 5.33. The van der Waals surface area contributed by atoms with E-state index >= 15 is 0 Å². The molecule has 1 aromatic carbocycles. The fourth-order valence-corrected chi connectivity index (χ4v) is 2.47. The number of carbonyl (C=O) groups is 1. The number of hydrogen-bond donors (Lipinski definition) is 2. The van der Waals surface area contributed by atoms with Gasteiger partial charge in [0.15, 0.2) is 0 Å². The number of aryl methyl sites for hydroxylation is 2. The van der Waals surface area contributed by atoms with Gasteiger partial charge in [0, 0.05) is 25.1 Å². The van der Waals surface area contributed by atoms with Crippen molar-refractivity contribution in [3.8, 4) is 0 Å². The number of ether oxygens (including phenoxy) is 2. The second-order valence-corrected chi connectivity index (χ2v) is 5.56. The summed E-state index contributed by atoms with van der Waals surface area (Å²) in [7, 11) is 0. The molecule has 1 unspecified atom stereocenters. The fourth-order valence-electron chi connectivity index (χ4n) is 2.47. The van der Waals surface area contributed by atoms with E-state index in [-0.39, 0.29) is 19.1 Å². The lowest BCUT2D eigenvalue weighted by molar-refractivity contribution is -0.0582. The van der Waals surface area contributed by atoms with Crippen LogP contribution in [0.1, 0.15) is 27.9 Å². The molecule has 1 heterocycles. The van der Waals surface area contributed by atoms with Crippen LogP contribution in [0.25, 0.3) is 0 Å². The normalized spacial score (nSPS) is 21.5. The third-order valence-electron chi connectivity index (χ3n) is 3.78. The average Bonchev–Trinajstić information content (AvgIpc) is 2.94. The monoisotopic (exact) mass is 293 g/mol. The summed E-state index contributed by atoms with van der Waals surface area (Å²) in [4.78, 5) is 12.3. The van der Waals surface area contributed by atoms with Gasteiger partial charge in [0.05, 0.1) is 19.8 Å². The molecular weight excluding hydrogens is 270 g/mol. The van der Waals surface area contributed by atoms with Gasteiger partial charge >= 0.3 is 0 Å². The maximum absolute atomic E-state index is 12.3. The minimum absolute atomic E-state index is 0.0350. The highest BCUT2D eigenvalue weighted by Crippen LogP contribution is 2.22. The molecule has 2 rings (SSSR count). The third-order valence-corrected chi connectivity index (χ3v) is 3.78. The lowest BCUT2D eigenvalue weighted by Crippen LogP contribution is -2.46. The van der Waals surface area contributed by atoms with E-state index in [9.17, 15) is 4.79 Å². The molecule has 116 valence electrons. The van der Waals surface area contributed by atoms with E-state index in [1.165, 1.54) is 0 Å². The number of amides is 1. The Morgan fingerprint density at radius 2 is 2.29 bits per heavy atom. The number of aliphatic hydroxyl groups is 1. The molecule has 1 amide bonds. The minimum atomic E-state index is -0.518. The molecule has 2 N–H and O–H groups in total. The number of aliphatic hydroxyl groups excluding tert-OH is 1. The van der Waals surface area contributed by atoms with Gasteiger partial charge in [0.1, 0.15) is 5.60 Å². The molecule has 5 nitrogen and oxygen atoms in total. The number of rotatable bonds is 6. The Labute approximate surface area is 125 Å². The van der Waals surface area contributed by atoms with E-state index < -0.39 is 5.60 Å². The molecule has 0 aliphatic carbocycles. The molecular formula is C16H23NO4. The van der Waals surface area contributed by atoms with Crippen LogP contribution in [0.15, 0.2) is 18.2 Å². The number of nitrogens with one attached hydrogen (secondary N) is 1. The first-order valence-corrected chi connectivity index (χ1v) is 7.24. The van der Waals surface area contributed by atoms with Gasteiger partial charge in [-0.3, -0.25) is 4.79 Å². The van der Waals surface area contributed by atoms with Crippen LogP contribution in [0.3, 0.4) is 0 Å². The zero-order valence-electron chi connectivity index (χ0n) is 12.6. The van der Waals surface area contributed by atoms with Crippen LogP contribution in [0, 0.1) is 13.8 Å². The predicted octanol–water partition coefficient (Wildman–Crippen LogP) is 1.20. The van der Waals surface area contributed by atoms with Gasteiger partial charge in [0.25, 0.3) is 5.91 Å². The first-order valence-electron chi connectivity index (χ1n) is 7.24. The summed E-state index contributed by atoms with van der Waals surface area (Å²) in [6.07, 6.45) is 0.722. The van der Waals surface area contributed by atoms with E-state index in [0.29, 0.717) is 25.3 Å². The molecule has 0 spiro atoms. The van der Waals surface area contributed by atoms with E-state index in [1.807, 2.05) is 32.0 Å². The van der Waals surface area contributed by atoms with Crippen LogP contribution in [-0.2, 0) is 9.47 Å². The van der Waals surface area contributed by atoms with Crippen LogP contribution in [0.2, 0.25) is 0 Å². The summed E-state index contributed by atoms with van der Waals surface area (Å²) in [6, 6.07) is 5.82. The van der Waals surface area contributed by atoms with E-state index in [0.717, 1.165) is 17.5 Å². The van der Waals surface area contributed by atoms with Gasteiger partial charge in [-0.25, -0.2) is 0 Å². The summed E-state index contributed by atoms with van der Waals surface area (Å²) >= 11 is 0. The average molecular weight is 293 g/mol. The van der Waals surface area contributed by atoms with Crippen molar-refractivity contribution >= 4 is 5.91 Å². The number of carbonyl (C=O) groups excluding carboxylic acids is 1. The highest BCUT2D eigenvalue weighted by atomic mass is 16.6. The molecule has 1 atom stereocenters. The molecule has 1 aliphatic heterocycles. The fraction of sp³-hybridized carbons (Fsp3) is 0.562. The first kappa shape index (κ1) is 15.9. The molecule has 1 saturated heterocycles. The predicted molar refractivity (Wildman–Crippen MR) is 79.5 cm³/mol. The summed E-state index contributed by atoms with van der Waals surface area (Å²) in [5.41, 5.74) is 2.18. The van der Waals surface area contributed by atoms with Gasteiger partial charge in [-0.1, -0.05) is 17.7 Å². The molecule has 0 aromatic heterocycles. The van der Waals surface area contributed by atoms with Crippen molar-refractivity contribution in [2.45, 2.75) is 25.9 Å². The quantitative estimate of drug-likeness (QED) is 0.827. The maximum Gasteiger partial charge on any atom is 0.251 e. The third kappa shape index (κ3) is 4.03. The molecule has 5 heteroatoms. The van der Waals surface area contributed by atoms with Gasteiger partial charge in [-0.05, 0) is 25.5 Å². The Hall–Kier alpha value is -1.43. The van der Waals surface area contributed by atoms with E-state index in [1.54, 1.807) is 0 Å². The van der Waals surface area contributed by atoms with Crippen molar-refractivity contribution in [1.29, 1.82) is 0 Å². The SMILES string of the molecule is Cc1ccc(C)c(C(=O)NCC2(OCCO)CCOC2)c1. The molecule has 1 aliphatic rings. The van der Waals surface area contributed by atoms with Gasteiger partial charge in [0.2, 0.25) is 0 Å². The molecule has 1 aromatic rings. The summed E-state index contributed by atoms with van der Waals surface area (Å²) in [5, 5.41) is 11.8. The number of benzene rings is 1. The van der Waals surface area contributed by atoms with Crippen LogP contribution in [0.5, 0.6) is 0 Å². The smallest absolute Gasteiger partial charge is 0.251 e. The van der Waals surface area contributed by atoms with Gasteiger partial charge < -0.3 is 19.9 Å². The van der Waals surface area contributed by atoms with Crippen molar-refractivity contribution < 1.29 is 19.4 Å². The van der Waals surface area contributed by atoms with E-state index in [2.05, 4.69) is 5.32 Å². The zero-order chi connectivity index (χ0) is 15.3. The van der Waals surface area contributed by atoms with Gasteiger partial charge in [-0.15, -0.1) is 0 Å². The summed E-state index contributed by atoms with van der Waals surface area (Å²) in [5.74, 6) is -0.102. The number of hydrogen-bond acceptors (Lipinski definition) is 4. The molecule has 0 saturated carbocycles. The van der Waals surface area contributed by atoms with Crippen LogP contribution >= 0.6 is 0 Å². The van der Waals surface area contributed by atoms with Crippen molar-refractivity contribution in [2.75, 3.05) is 33.0 Å². The Balaban J connectivity index is 2.00. The lowest BCUT2D eigenvalue weighted by atomic mass is 10.0. The van der Waals surface area contributed by atoms with E-state index in [4.69, 9.17) is 14.6 Å². The van der Waals surface area contributed by atoms with Crippen molar-refractivity contribution in [3.05, 3.63) is 34.9 Å². The second kappa shape index (κ2) is 7.02. The molecule has 1 fully saturated rings. The topological polar surface area (TPSA) is 67.8 Å². The Bertz CT molecular complexity index is 495. The highest BCUT2D eigenvalue weighted by Gasteiger charge is 2.36. The lowest BCUT2D eigenvalue weighted by Gasteiger charge is -2.28. The summed E-state index contributed by atoms with van der Waals surface area (Å²) in [6.45, 7) is 5.55. The zero-order valence-corrected chi connectivity index (χ0v) is 12.6. The first-order chi connectivity index (χ1) is 10.1. The van der Waals surface area contributed by atoms with Crippen molar-refractivity contribution in [1.82, 2.24) is 5.32 Å². The Morgan fingerprint density at radius 3 is 2.95 bits per heavy atom. The molecule has 0 bridgehead atoms. The molecule has 0 radical (unpaired) electrons. The van der Waals surface area contributed by atoms with Crippen molar-refractivity contribution in [2.24, 2.45) is 0 Å². The van der Waals surface area contributed by atoms with Crippen LogP contribution in [-0.4, -0.2) is 49.6 Å². The van der Waals surface area contributed by atoms with Crippen molar-refractivity contribution in [3.63, 3.8) is 0 Å². The Morgan fingerprint density at radius 1 is 1.48 bits per heavy atom. The maximum atomic E-state index is 12.3. The van der Waals surface area contributed by atoms with Crippen LogP contribution in [0.4, 0.5) is 0 Å². The highest BCUT2D eigenvalue weighted by molar-refractivity contribution is 5.95. The largest absolute Gasteiger partial charge is 0.394 e.